The molecule has 0 radical (unpaired) electrons. The van der Waals surface area contributed by atoms with Gasteiger partial charge in [0.1, 0.15) is 5.41 Å². The van der Waals surface area contributed by atoms with Crippen LogP contribution in [0.15, 0.2) is 24.2 Å². The number of carbonyl (C=O) groups is 2. The molecule has 1 heterocycles. The lowest BCUT2D eigenvalue weighted by Crippen LogP contribution is -2.32. The van der Waals surface area contributed by atoms with Crippen LogP contribution in [0, 0.1) is 11.3 Å². The molecule has 0 aliphatic heterocycles. The number of nitrogens with two attached hydrogens (primary N) is 1. The summed E-state index contributed by atoms with van der Waals surface area (Å²) in [6, 6.07) is 0. The smallest absolute Gasteiger partial charge is 0.332 e. The summed E-state index contributed by atoms with van der Waals surface area (Å²) in [5.41, 5.74) is 5.40. The molecule has 2 bridgehead atoms. The molecule has 0 saturated heterocycles. The maximum Gasteiger partial charge on any atom is 0.332 e. The molecule has 2 aliphatic carbocycles. The van der Waals surface area contributed by atoms with Gasteiger partial charge in [0.2, 0.25) is 0 Å². The molecular weight excluding hydrogens is 274 g/mol. The second-order valence-electron chi connectivity index (χ2n) is 5.39. The number of imidazole rings is 1. The van der Waals surface area contributed by atoms with Gasteiger partial charge in [-0.2, -0.15) is 0 Å². The molecule has 0 spiro atoms. The van der Waals surface area contributed by atoms with E-state index >= 15 is 0 Å². The molecule has 7 heteroatoms. The van der Waals surface area contributed by atoms with Crippen molar-refractivity contribution >= 4 is 11.9 Å². The highest BCUT2D eigenvalue weighted by Crippen LogP contribution is 2.53. The van der Waals surface area contributed by atoms with Crippen LogP contribution in [0.5, 0.6) is 0 Å². The first-order valence-corrected chi connectivity index (χ1v) is 6.86. The maximum absolute atomic E-state index is 11.0. The number of allylic oxidation sites excluding steroid dienone is 1. The van der Waals surface area contributed by atoms with E-state index in [1.165, 1.54) is 0 Å². The van der Waals surface area contributed by atoms with Crippen LogP contribution in [0.2, 0.25) is 0 Å². The van der Waals surface area contributed by atoms with Crippen LogP contribution in [0.3, 0.4) is 0 Å². The first-order chi connectivity index (χ1) is 9.99. The van der Waals surface area contributed by atoms with E-state index in [0.29, 0.717) is 19.4 Å². The lowest BCUT2D eigenvalue weighted by atomic mass is 9.80. The number of hydrogen-bond acceptors (Lipinski definition) is 4. The van der Waals surface area contributed by atoms with Gasteiger partial charge >= 0.3 is 11.9 Å². The number of hydrogen-bond donors (Lipinski definition) is 4. The van der Waals surface area contributed by atoms with Crippen molar-refractivity contribution in [3.05, 3.63) is 29.9 Å². The molecule has 1 fully saturated rings. The van der Waals surface area contributed by atoms with Crippen molar-refractivity contribution in [2.75, 3.05) is 6.54 Å². The molecule has 0 amide bonds. The molecule has 21 heavy (non-hydrogen) atoms. The highest BCUT2D eigenvalue weighted by Gasteiger charge is 2.54. The second-order valence-corrected chi connectivity index (χ2v) is 5.39. The van der Waals surface area contributed by atoms with Crippen molar-refractivity contribution in [3.63, 3.8) is 0 Å². The van der Waals surface area contributed by atoms with E-state index in [-0.39, 0.29) is 11.5 Å². The summed E-state index contributed by atoms with van der Waals surface area (Å²) < 4.78 is 0. The van der Waals surface area contributed by atoms with Crippen molar-refractivity contribution < 1.29 is 19.8 Å². The van der Waals surface area contributed by atoms with Crippen LogP contribution < -0.4 is 5.73 Å². The molecule has 5 N–H and O–H groups in total. The van der Waals surface area contributed by atoms with Crippen LogP contribution in [-0.4, -0.2) is 38.7 Å². The lowest BCUT2D eigenvalue weighted by Gasteiger charge is -2.21. The van der Waals surface area contributed by atoms with Gasteiger partial charge < -0.3 is 20.9 Å². The van der Waals surface area contributed by atoms with E-state index in [2.05, 4.69) is 9.97 Å². The second kappa shape index (κ2) is 6.09. The van der Waals surface area contributed by atoms with Gasteiger partial charge in [-0.15, -0.1) is 0 Å². The Hall–Kier alpha value is -2.15. The molecule has 2 atom stereocenters. The van der Waals surface area contributed by atoms with Crippen molar-refractivity contribution in [3.8, 4) is 0 Å². The Bertz CT molecular complexity index is 553. The minimum absolute atomic E-state index is 0.0938. The zero-order valence-corrected chi connectivity index (χ0v) is 11.6. The van der Waals surface area contributed by atoms with Gasteiger partial charge in [0.25, 0.3) is 0 Å². The average molecular weight is 293 g/mol. The summed E-state index contributed by atoms with van der Waals surface area (Å²) in [6.45, 7) is 0.683. The van der Waals surface area contributed by atoms with Crippen molar-refractivity contribution in [1.82, 2.24) is 9.97 Å². The zero-order valence-electron chi connectivity index (χ0n) is 11.6. The Morgan fingerprint density at radius 1 is 1.48 bits per heavy atom. The third-order valence-electron chi connectivity index (χ3n) is 4.08. The number of aromatic nitrogens is 2. The molecular formula is C14H19N3O4. The fourth-order valence-corrected chi connectivity index (χ4v) is 3.03. The predicted molar refractivity (Wildman–Crippen MR) is 74.5 cm³/mol. The summed E-state index contributed by atoms with van der Waals surface area (Å²) >= 11 is 0. The van der Waals surface area contributed by atoms with Gasteiger partial charge in [-0.25, -0.2) is 9.78 Å². The number of carboxylic acid groups (broad SMARTS) is 2. The SMILES string of the molecule is NCCc1cnc[nH]1.O=C(O)C1=CC2CCC1(C(=O)O)C2. The number of aromatic amines is 1. The summed E-state index contributed by atoms with van der Waals surface area (Å²) in [7, 11) is 0. The number of nitrogens with one attached hydrogen (secondary N) is 1. The van der Waals surface area contributed by atoms with Crippen molar-refractivity contribution in [2.45, 2.75) is 25.7 Å². The number of aliphatic carboxylic acids is 2. The Balaban J connectivity index is 0.000000173. The summed E-state index contributed by atoms with van der Waals surface area (Å²) in [5, 5.41) is 17.8. The molecule has 114 valence electrons. The van der Waals surface area contributed by atoms with Crippen LogP contribution in [0.4, 0.5) is 0 Å². The van der Waals surface area contributed by atoms with E-state index in [0.717, 1.165) is 18.5 Å². The Labute approximate surface area is 121 Å². The van der Waals surface area contributed by atoms with Gasteiger partial charge in [-0.3, -0.25) is 4.79 Å². The number of rotatable bonds is 4. The number of fused-ring (bicyclic) bond motifs is 2. The largest absolute Gasteiger partial charge is 0.481 e. The third kappa shape index (κ3) is 2.97. The summed E-state index contributed by atoms with van der Waals surface area (Å²) in [4.78, 5) is 28.5. The van der Waals surface area contributed by atoms with Gasteiger partial charge in [0, 0.05) is 18.3 Å². The first kappa shape index (κ1) is 15.2. The van der Waals surface area contributed by atoms with Gasteiger partial charge in [-0.1, -0.05) is 6.08 Å². The molecule has 7 nitrogen and oxygen atoms in total. The normalized spacial score (nSPS) is 26.0. The number of carboxylic acids is 2. The highest BCUT2D eigenvalue weighted by molar-refractivity contribution is 5.98. The van der Waals surface area contributed by atoms with Gasteiger partial charge in [-0.05, 0) is 31.7 Å². The van der Waals surface area contributed by atoms with E-state index in [9.17, 15) is 9.59 Å². The number of nitrogens with zero attached hydrogens (tertiary/aromatic N) is 1. The van der Waals surface area contributed by atoms with Crippen LogP contribution in [0.1, 0.15) is 25.0 Å². The zero-order chi connectivity index (χ0) is 15.5. The topological polar surface area (TPSA) is 129 Å². The monoisotopic (exact) mass is 293 g/mol. The van der Waals surface area contributed by atoms with Crippen LogP contribution in [0.25, 0.3) is 0 Å². The minimum Gasteiger partial charge on any atom is -0.481 e. The third-order valence-corrected chi connectivity index (χ3v) is 4.08. The first-order valence-electron chi connectivity index (χ1n) is 6.86. The summed E-state index contributed by atoms with van der Waals surface area (Å²) in [6.07, 6.45) is 7.70. The molecule has 3 rings (SSSR count). The molecule has 0 aromatic carbocycles. The standard InChI is InChI=1S/C9H10O4.C5H9N3/c10-7(11)6-3-5-1-2-9(6,4-5)8(12)13;6-2-1-5-3-7-4-8-5/h3,5H,1-2,4H2,(H,10,11)(H,12,13);3-4H,1-2,6H2,(H,7,8). The Kier molecular flexibility index (Phi) is 4.42. The molecule has 2 unspecified atom stereocenters. The molecule has 1 aromatic rings. The fraction of sp³-hybridized carbons (Fsp3) is 0.500. The maximum atomic E-state index is 11.0. The minimum atomic E-state index is -1.08. The molecule has 1 aromatic heterocycles. The van der Waals surface area contributed by atoms with E-state index in [1.807, 2.05) is 0 Å². The van der Waals surface area contributed by atoms with E-state index in [4.69, 9.17) is 15.9 Å². The van der Waals surface area contributed by atoms with Gasteiger partial charge in [0.05, 0.1) is 11.9 Å². The number of H-pyrrole nitrogens is 1. The van der Waals surface area contributed by atoms with Gasteiger partial charge in [0.15, 0.2) is 0 Å². The molecule has 2 aliphatic rings. The highest BCUT2D eigenvalue weighted by atomic mass is 16.4. The quantitative estimate of drug-likeness (QED) is 0.649. The fourth-order valence-electron chi connectivity index (χ4n) is 3.03. The van der Waals surface area contributed by atoms with Crippen molar-refractivity contribution in [1.29, 1.82) is 0 Å². The Morgan fingerprint density at radius 3 is 2.67 bits per heavy atom. The van der Waals surface area contributed by atoms with Crippen LogP contribution >= 0.6 is 0 Å². The Morgan fingerprint density at radius 2 is 2.24 bits per heavy atom. The average Bonchev–Trinajstić information content (AvgIpc) is 3.15. The van der Waals surface area contributed by atoms with E-state index < -0.39 is 17.4 Å². The molecule has 1 saturated carbocycles. The van der Waals surface area contributed by atoms with Crippen LogP contribution in [-0.2, 0) is 16.0 Å². The van der Waals surface area contributed by atoms with Crippen molar-refractivity contribution in [2.24, 2.45) is 17.1 Å². The summed E-state index contributed by atoms with van der Waals surface area (Å²) in [5.74, 6) is -1.90. The van der Waals surface area contributed by atoms with E-state index in [1.54, 1.807) is 18.6 Å². The predicted octanol–water partition coefficient (Wildman–Crippen LogP) is 0.793. The lowest BCUT2D eigenvalue weighted by molar-refractivity contribution is -0.149.